The van der Waals surface area contributed by atoms with Crippen LogP contribution in [0, 0.1) is 0 Å². The van der Waals surface area contributed by atoms with Gasteiger partial charge in [0, 0.05) is 12.4 Å². The summed E-state index contributed by atoms with van der Waals surface area (Å²) in [6, 6.07) is 0. The zero-order valence-corrected chi connectivity index (χ0v) is 5.62. The van der Waals surface area contributed by atoms with Crippen LogP contribution >= 0.6 is 0 Å². The maximum Gasteiger partial charge on any atom is 0.0779 e. The normalized spacial score (nSPS) is 20.4. The Labute approximate surface area is 55.6 Å². The van der Waals surface area contributed by atoms with Crippen LogP contribution in [0.5, 0.6) is 0 Å². The van der Waals surface area contributed by atoms with Gasteiger partial charge in [0.15, 0.2) is 0 Å². The lowest BCUT2D eigenvalue weighted by Gasteiger charge is -2.21. The van der Waals surface area contributed by atoms with Gasteiger partial charge in [0.25, 0.3) is 0 Å². The average Bonchev–Trinajstić information content (AvgIpc) is 1.90. The summed E-state index contributed by atoms with van der Waals surface area (Å²) in [4.78, 5) is 1.98. The number of hydrogen-bond donors (Lipinski definition) is 1. The molecule has 0 radical (unpaired) electrons. The van der Waals surface area contributed by atoms with E-state index >= 15 is 0 Å². The molecule has 1 heterocycles. The molecule has 50 valence electrons. The topological polar surface area (TPSA) is 29.3 Å². The highest BCUT2D eigenvalue weighted by atomic mass is 15.2. The lowest BCUT2D eigenvalue weighted by molar-refractivity contribution is 0.395. The quantitative estimate of drug-likeness (QED) is 0.565. The predicted molar refractivity (Wildman–Crippen MR) is 38.4 cm³/mol. The van der Waals surface area contributed by atoms with Crippen LogP contribution in [-0.2, 0) is 0 Å². The van der Waals surface area contributed by atoms with Gasteiger partial charge in [0.2, 0.25) is 0 Å². The SMILES string of the molecule is CC(N)N1C=CCC=C1. The maximum absolute atomic E-state index is 5.59. The first kappa shape index (κ1) is 6.36. The van der Waals surface area contributed by atoms with Gasteiger partial charge in [0.1, 0.15) is 0 Å². The first-order valence-corrected chi connectivity index (χ1v) is 3.17. The molecule has 0 aromatic rings. The van der Waals surface area contributed by atoms with E-state index in [1.807, 2.05) is 24.2 Å². The number of rotatable bonds is 1. The molecular weight excluding hydrogens is 112 g/mol. The van der Waals surface area contributed by atoms with Crippen LogP contribution in [0.4, 0.5) is 0 Å². The van der Waals surface area contributed by atoms with Crippen LogP contribution in [0.15, 0.2) is 24.6 Å². The van der Waals surface area contributed by atoms with Crippen molar-refractivity contribution >= 4 is 0 Å². The van der Waals surface area contributed by atoms with Crippen molar-refractivity contribution in [3.8, 4) is 0 Å². The van der Waals surface area contributed by atoms with E-state index in [0.29, 0.717) is 0 Å². The zero-order valence-electron chi connectivity index (χ0n) is 5.62. The Kier molecular flexibility index (Phi) is 1.90. The second-order valence-corrected chi connectivity index (χ2v) is 2.19. The summed E-state index contributed by atoms with van der Waals surface area (Å²) in [6.45, 7) is 1.96. The number of nitrogens with two attached hydrogens (primary N) is 1. The molecule has 2 N–H and O–H groups in total. The first-order chi connectivity index (χ1) is 4.30. The minimum Gasteiger partial charge on any atom is -0.340 e. The van der Waals surface area contributed by atoms with Gasteiger partial charge < -0.3 is 10.6 Å². The molecule has 0 amide bonds. The van der Waals surface area contributed by atoms with Crippen LogP contribution in [0.1, 0.15) is 13.3 Å². The van der Waals surface area contributed by atoms with Crippen molar-refractivity contribution in [2.45, 2.75) is 19.5 Å². The number of hydrogen-bond acceptors (Lipinski definition) is 2. The number of allylic oxidation sites excluding steroid dienone is 2. The fourth-order valence-corrected chi connectivity index (χ4v) is 0.765. The van der Waals surface area contributed by atoms with E-state index in [1.54, 1.807) is 0 Å². The van der Waals surface area contributed by atoms with Crippen molar-refractivity contribution in [2.75, 3.05) is 0 Å². The standard InChI is InChI=1S/C7H12N2/c1-7(8)9-5-3-2-4-6-9/h3-7H,2,8H2,1H3. The molecule has 0 aromatic carbocycles. The van der Waals surface area contributed by atoms with E-state index in [-0.39, 0.29) is 6.17 Å². The molecule has 0 aliphatic carbocycles. The lowest BCUT2D eigenvalue weighted by Crippen LogP contribution is -2.31. The summed E-state index contributed by atoms with van der Waals surface area (Å²) >= 11 is 0. The van der Waals surface area contributed by atoms with Crippen molar-refractivity contribution in [1.29, 1.82) is 0 Å². The van der Waals surface area contributed by atoms with E-state index in [1.165, 1.54) is 0 Å². The Bertz CT molecular complexity index is 124. The van der Waals surface area contributed by atoms with Crippen molar-refractivity contribution < 1.29 is 0 Å². The fourth-order valence-electron chi connectivity index (χ4n) is 0.765. The molecule has 2 heteroatoms. The monoisotopic (exact) mass is 124 g/mol. The average molecular weight is 124 g/mol. The van der Waals surface area contributed by atoms with Crippen LogP contribution < -0.4 is 5.73 Å². The minimum atomic E-state index is 0.0952. The molecule has 1 atom stereocenters. The molecule has 9 heavy (non-hydrogen) atoms. The second kappa shape index (κ2) is 2.69. The van der Waals surface area contributed by atoms with Crippen molar-refractivity contribution in [2.24, 2.45) is 5.73 Å². The summed E-state index contributed by atoms with van der Waals surface area (Å²) in [5.74, 6) is 0. The Morgan fingerprint density at radius 1 is 1.44 bits per heavy atom. The molecule has 0 spiro atoms. The third kappa shape index (κ3) is 1.57. The molecule has 1 aliphatic heterocycles. The van der Waals surface area contributed by atoms with E-state index in [0.717, 1.165) is 6.42 Å². The number of nitrogens with zero attached hydrogens (tertiary/aromatic N) is 1. The molecule has 0 bridgehead atoms. The molecule has 1 unspecified atom stereocenters. The van der Waals surface area contributed by atoms with E-state index < -0.39 is 0 Å². The van der Waals surface area contributed by atoms with Gasteiger partial charge in [-0.3, -0.25) is 0 Å². The molecule has 0 saturated carbocycles. The van der Waals surface area contributed by atoms with Gasteiger partial charge in [-0.1, -0.05) is 12.2 Å². The van der Waals surface area contributed by atoms with Crippen LogP contribution in [0.3, 0.4) is 0 Å². The highest BCUT2D eigenvalue weighted by Crippen LogP contribution is 2.03. The molecule has 1 aliphatic rings. The molecule has 0 fully saturated rings. The highest BCUT2D eigenvalue weighted by Gasteiger charge is 2.00. The lowest BCUT2D eigenvalue weighted by atomic mass is 10.3. The molecule has 0 aromatic heterocycles. The van der Waals surface area contributed by atoms with Gasteiger partial charge in [0.05, 0.1) is 6.17 Å². The predicted octanol–water partition coefficient (Wildman–Crippen LogP) is 1.02. The maximum atomic E-state index is 5.59. The summed E-state index contributed by atoms with van der Waals surface area (Å²) in [5, 5.41) is 0. The summed E-state index contributed by atoms with van der Waals surface area (Å²) < 4.78 is 0. The van der Waals surface area contributed by atoms with Gasteiger partial charge in [-0.05, 0) is 13.3 Å². The van der Waals surface area contributed by atoms with Crippen LogP contribution in [0.25, 0.3) is 0 Å². The van der Waals surface area contributed by atoms with E-state index in [9.17, 15) is 0 Å². The summed E-state index contributed by atoms with van der Waals surface area (Å²) in [6.07, 6.45) is 9.31. The zero-order chi connectivity index (χ0) is 6.69. The fraction of sp³-hybridized carbons (Fsp3) is 0.429. The minimum absolute atomic E-state index is 0.0952. The third-order valence-electron chi connectivity index (χ3n) is 1.30. The Morgan fingerprint density at radius 2 is 2.00 bits per heavy atom. The largest absolute Gasteiger partial charge is 0.340 e. The Balaban J connectivity index is 2.49. The first-order valence-electron chi connectivity index (χ1n) is 3.17. The Morgan fingerprint density at radius 3 is 2.33 bits per heavy atom. The highest BCUT2D eigenvalue weighted by molar-refractivity contribution is 5.02. The Hall–Kier alpha value is -0.760. The van der Waals surface area contributed by atoms with Crippen molar-refractivity contribution in [3.05, 3.63) is 24.6 Å². The van der Waals surface area contributed by atoms with Crippen LogP contribution in [0.2, 0.25) is 0 Å². The second-order valence-electron chi connectivity index (χ2n) is 2.19. The van der Waals surface area contributed by atoms with Gasteiger partial charge in [-0.15, -0.1) is 0 Å². The van der Waals surface area contributed by atoms with Gasteiger partial charge in [-0.25, -0.2) is 0 Å². The molecule has 1 rings (SSSR count). The van der Waals surface area contributed by atoms with E-state index in [4.69, 9.17) is 5.73 Å². The van der Waals surface area contributed by atoms with Gasteiger partial charge >= 0.3 is 0 Å². The van der Waals surface area contributed by atoms with Crippen molar-refractivity contribution in [1.82, 2.24) is 4.90 Å². The third-order valence-corrected chi connectivity index (χ3v) is 1.30. The van der Waals surface area contributed by atoms with Gasteiger partial charge in [-0.2, -0.15) is 0 Å². The summed E-state index contributed by atoms with van der Waals surface area (Å²) in [5.41, 5.74) is 5.59. The molecule has 0 saturated heterocycles. The molecule has 2 nitrogen and oxygen atoms in total. The smallest absolute Gasteiger partial charge is 0.0779 e. The molecular formula is C7H12N2. The van der Waals surface area contributed by atoms with Crippen LogP contribution in [-0.4, -0.2) is 11.1 Å². The van der Waals surface area contributed by atoms with Crippen molar-refractivity contribution in [3.63, 3.8) is 0 Å². The van der Waals surface area contributed by atoms with E-state index in [2.05, 4.69) is 12.2 Å². The summed E-state index contributed by atoms with van der Waals surface area (Å²) in [7, 11) is 0.